The summed E-state index contributed by atoms with van der Waals surface area (Å²) in [6.07, 6.45) is 2.26. The Labute approximate surface area is 107 Å². The van der Waals surface area contributed by atoms with Gasteiger partial charge in [-0.15, -0.1) is 0 Å². The van der Waals surface area contributed by atoms with Crippen molar-refractivity contribution >= 4 is 0 Å². The van der Waals surface area contributed by atoms with Gasteiger partial charge in [-0.2, -0.15) is 0 Å². The normalized spacial score (nSPS) is 25.4. The lowest BCUT2D eigenvalue weighted by Gasteiger charge is -2.31. The Balaban J connectivity index is 2.45. The van der Waals surface area contributed by atoms with Gasteiger partial charge < -0.3 is 10.4 Å². The number of β-amino-alcohol motifs (C(OH)–C–C–N with tert-alkyl or cyclic N) is 1. The maximum Gasteiger partial charge on any atom is 0.0831 e. The van der Waals surface area contributed by atoms with Gasteiger partial charge >= 0.3 is 0 Å². The summed E-state index contributed by atoms with van der Waals surface area (Å²) >= 11 is 0. The lowest BCUT2D eigenvalue weighted by atomic mass is 10.1. The molecule has 2 atom stereocenters. The molecule has 0 aliphatic carbocycles. The van der Waals surface area contributed by atoms with Gasteiger partial charge in [0.2, 0.25) is 0 Å². The third-order valence-corrected chi connectivity index (χ3v) is 3.61. The SMILES string of the molecule is CC(C)CCN(CCC(C)C)C1CNCC1O. The lowest BCUT2D eigenvalue weighted by molar-refractivity contribution is 0.0766. The fourth-order valence-corrected chi connectivity index (χ4v) is 2.32. The zero-order valence-corrected chi connectivity index (χ0v) is 11.9. The highest BCUT2D eigenvalue weighted by Gasteiger charge is 2.30. The Bertz CT molecular complexity index is 194. The first-order valence-corrected chi connectivity index (χ1v) is 7.13. The Morgan fingerprint density at radius 3 is 1.94 bits per heavy atom. The van der Waals surface area contributed by atoms with Crippen LogP contribution in [0.4, 0.5) is 0 Å². The van der Waals surface area contributed by atoms with Crippen LogP contribution in [0.2, 0.25) is 0 Å². The van der Waals surface area contributed by atoms with Gasteiger partial charge in [-0.25, -0.2) is 0 Å². The van der Waals surface area contributed by atoms with Crippen molar-refractivity contribution in [1.29, 1.82) is 0 Å². The summed E-state index contributed by atoms with van der Waals surface area (Å²) in [5, 5.41) is 13.3. The summed E-state index contributed by atoms with van der Waals surface area (Å²) in [5.41, 5.74) is 0. The van der Waals surface area contributed by atoms with Crippen molar-refractivity contribution in [3.8, 4) is 0 Å². The Morgan fingerprint density at radius 1 is 1.06 bits per heavy atom. The minimum Gasteiger partial charge on any atom is -0.390 e. The van der Waals surface area contributed by atoms with E-state index in [1.165, 1.54) is 12.8 Å². The van der Waals surface area contributed by atoms with Gasteiger partial charge in [0, 0.05) is 19.1 Å². The van der Waals surface area contributed by atoms with E-state index >= 15 is 0 Å². The molecule has 0 aromatic rings. The van der Waals surface area contributed by atoms with E-state index in [4.69, 9.17) is 0 Å². The molecule has 0 amide bonds. The topological polar surface area (TPSA) is 35.5 Å². The van der Waals surface area contributed by atoms with Crippen LogP contribution in [0, 0.1) is 11.8 Å². The van der Waals surface area contributed by atoms with Crippen LogP contribution in [0.1, 0.15) is 40.5 Å². The molecule has 0 saturated carbocycles. The summed E-state index contributed by atoms with van der Waals surface area (Å²) in [5.74, 6) is 1.48. The van der Waals surface area contributed by atoms with Crippen molar-refractivity contribution < 1.29 is 5.11 Å². The Hall–Kier alpha value is -0.120. The molecule has 1 fully saturated rings. The van der Waals surface area contributed by atoms with Crippen molar-refractivity contribution in [2.75, 3.05) is 26.2 Å². The van der Waals surface area contributed by atoms with Gasteiger partial charge in [-0.3, -0.25) is 4.90 Å². The van der Waals surface area contributed by atoms with E-state index < -0.39 is 0 Å². The number of nitrogens with zero attached hydrogens (tertiary/aromatic N) is 1. The molecule has 102 valence electrons. The molecule has 3 heteroatoms. The van der Waals surface area contributed by atoms with Crippen LogP contribution in [0.5, 0.6) is 0 Å². The average molecular weight is 242 g/mol. The van der Waals surface area contributed by atoms with Crippen molar-refractivity contribution in [2.24, 2.45) is 11.8 Å². The maximum absolute atomic E-state index is 9.99. The number of aliphatic hydroxyl groups is 1. The quantitative estimate of drug-likeness (QED) is 0.713. The van der Waals surface area contributed by atoms with Crippen LogP contribution in [-0.4, -0.2) is 48.3 Å². The van der Waals surface area contributed by atoms with Crippen LogP contribution < -0.4 is 5.32 Å². The van der Waals surface area contributed by atoms with Crippen molar-refractivity contribution in [3.63, 3.8) is 0 Å². The molecule has 1 aliphatic rings. The molecule has 1 rings (SSSR count). The minimum atomic E-state index is -0.186. The predicted octanol–water partition coefficient (Wildman–Crippen LogP) is 1.71. The van der Waals surface area contributed by atoms with Gasteiger partial charge in [-0.1, -0.05) is 27.7 Å². The number of hydrogen-bond donors (Lipinski definition) is 2. The monoisotopic (exact) mass is 242 g/mol. The zero-order chi connectivity index (χ0) is 12.8. The molecule has 3 nitrogen and oxygen atoms in total. The van der Waals surface area contributed by atoms with E-state index in [9.17, 15) is 5.11 Å². The van der Waals surface area contributed by atoms with Crippen LogP contribution in [0.25, 0.3) is 0 Å². The van der Waals surface area contributed by atoms with Gasteiger partial charge in [0.15, 0.2) is 0 Å². The molecule has 0 radical (unpaired) electrons. The summed E-state index contributed by atoms with van der Waals surface area (Å²) < 4.78 is 0. The van der Waals surface area contributed by atoms with Crippen LogP contribution in [-0.2, 0) is 0 Å². The Morgan fingerprint density at radius 2 is 1.59 bits per heavy atom. The second-order valence-electron chi connectivity index (χ2n) is 6.19. The molecule has 0 bridgehead atoms. The summed E-state index contributed by atoms with van der Waals surface area (Å²) in [7, 11) is 0. The summed E-state index contributed by atoms with van der Waals surface area (Å²) in [6, 6.07) is 0.326. The third-order valence-electron chi connectivity index (χ3n) is 3.61. The standard InChI is InChI=1S/C14H30N2O/c1-11(2)5-7-16(8-6-12(3)4)13-9-15-10-14(13)17/h11-15,17H,5-10H2,1-4H3. The highest BCUT2D eigenvalue weighted by atomic mass is 16.3. The molecule has 2 unspecified atom stereocenters. The molecule has 0 aromatic carbocycles. The van der Waals surface area contributed by atoms with Gasteiger partial charge in [0.05, 0.1) is 6.10 Å². The first-order chi connectivity index (χ1) is 8.00. The van der Waals surface area contributed by atoms with Crippen molar-refractivity contribution in [2.45, 2.75) is 52.7 Å². The molecule has 1 heterocycles. The first kappa shape index (κ1) is 14.9. The average Bonchev–Trinajstić information content (AvgIpc) is 2.64. The van der Waals surface area contributed by atoms with E-state index in [-0.39, 0.29) is 6.10 Å². The number of aliphatic hydroxyl groups excluding tert-OH is 1. The molecule has 1 saturated heterocycles. The number of rotatable bonds is 7. The van der Waals surface area contributed by atoms with Crippen molar-refractivity contribution in [3.05, 3.63) is 0 Å². The summed E-state index contributed by atoms with van der Waals surface area (Å²) in [4.78, 5) is 2.49. The van der Waals surface area contributed by atoms with Crippen molar-refractivity contribution in [1.82, 2.24) is 10.2 Å². The van der Waals surface area contributed by atoms with Gasteiger partial charge in [0.1, 0.15) is 0 Å². The van der Waals surface area contributed by atoms with Crippen LogP contribution >= 0.6 is 0 Å². The lowest BCUT2D eigenvalue weighted by Crippen LogP contribution is -2.44. The first-order valence-electron chi connectivity index (χ1n) is 7.13. The largest absolute Gasteiger partial charge is 0.390 e. The number of hydrogen-bond acceptors (Lipinski definition) is 3. The highest BCUT2D eigenvalue weighted by molar-refractivity contribution is 4.88. The van der Waals surface area contributed by atoms with Gasteiger partial charge in [0.25, 0.3) is 0 Å². The molecule has 17 heavy (non-hydrogen) atoms. The third kappa shape index (κ3) is 5.36. The second-order valence-corrected chi connectivity index (χ2v) is 6.19. The van der Waals surface area contributed by atoms with E-state index in [1.807, 2.05) is 0 Å². The van der Waals surface area contributed by atoms with E-state index in [2.05, 4.69) is 37.9 Å². The molecular weight excluding hydrogens is 212 g/mol. The van der Waals surface area contributed by atoms with E-state index in [0.717, 1.165) is 38.0 Å². The van der Waals surface area contributed by atoms with Crippen LogP contribution in [0.15, 0.2) is 0 Å². The highest BCUT2D eigenvalue weighted by Crippen LogP contribution is 2.14. The fraction of sp³-hybridized carbons (Fsp3) is 1.00. The summed E-state index contributed by atoms with van der Waals surface area (Å²) in [6.45, 7) is 13.0. The van der Waals surface area contributed by atoms with E-state index in [1.54, 1.807) is 0 Å². The number of nitrogens with one attached hydrogen (secondary N) is 1. The van der Waals surface area contributed by atoms with Crippen LogP contribution in [0.3, 0.4) is 0 Å². The Kier molecular flexibility index (Phi) is 6.45. The molecular formula is C14H30N2O. The predicted molar refractivity (Wildman–Crippen MR) is 73.1 cm³/mol. The molecule has 0 spiro atoms. The second kappa shape index (κ2) is 7.34. The molecule has 0 aromatic heterocycles. The van der Waals surface area contributed by atoms with Gasteiger partial charge in [-0.05, 0) is 37.8 Å². The maximum atomic E-state index is 9.99. The smallest absolute Gasteiger partial charge is 0.0831 e. The molecule has 2 N–H and O–H groups in total. The van der Waals surface area contributed by atoms with E-state index in [0.29, 0.717) is 6.04 Å². The minimum absolute atomic E-state index is 0.186. The fourth-order valence-electron chi connectivity index (χ4n) is 2.32. The molecule has 1 aliphatic heterocycles. The zero-order valence-electron chi connectivity index (χ0n) is 11.9.